The monoisotopic (exact) mass is 266 g/mol. The zero-order chi connectivity index (χ0) is 13.0. The summed E-state index contributed by atoms with van der Waals surface area (Å²) in [6.07, 6.45) is 7.98. The molecule has 1 aromatic rings. The highest BCUT2D eigenvalue weighted by molar-refractivity contribution is 6.33. The van der Waals surface area contributed by atoms with Gasteiger partial charge in [-0.3, -0.25) is 0 Å². The first-order chi connectivity index (χ1) is 8.70. The zero-order valence-electron chi connectivity index (χ0n) is 11.1. The van der Waals surface area contributed by atoms with E-state index >= 15 is 0 Å². The minimum atomic E-state index is 0.534. The van der Waals surface area contributed by atoms with Gasteiger partial charge in [0.15, 0.2) is 0 Å². The van der Waals surface area contributed by atoms with Crippen LogP contribution in [0.5, 0.6) is 0 Å². The lowest BCUT2D eigenvalue weighted by Crippen LogP contribution is -2.30. The summed E-state index contributed by atoms with van der Waals surface area (Å²) in [5.74, 6) is 0.789. The van der Waals surface area contributed by atoms with Gasteiger partial charge < -0.3 is 11.1 Å². The number of nitrogen functional groups attached to an aromatic ring is 1. The fourth-order valence-corrected chi connectivity index (χ4v) is 3.18. The molecule has 0 aromatic heterocycles. The first-order valence-corrected chi connectivity index (χ1v) is 7.40. The van der Waals surface area contributed by atoms with Crippen LogP contribution in [0.25, 0.3) is 0 Å². The zero-order valence-corrected chi connectivity index (χ0v) is 11.8. The lowest BCUT2D eigenvalue weighted by molar-refractivity contribution is 0.313. The maximum Gasteiger partial charge on any atom is 0.0658 e. The predicted molar refractivity (Wildman–Crippen MR) is 80.1 cm³/mol. The number of hydrogen-bond donors (Lipinski definition) is 2. The summed E-state index contributed by atoms with van der Waals surface area (Å²) < 4.78 is 0. The summed E-state index contributed by atoms with van der Waals surface area (Å²) >= 11 is 6.23. The largest absolute Gasteiger partial charge is 0.399 e. The van der Waals surface area contributed by atoms with Crippen LogP contribution in [0.1, 0.15) is 45.4 Å². The maximum atomic E-state index is 6.23. The number of hydrogen-bond acceptors (Lipinski definition) is 2. The number of benzene rings is 1. The van der Waals surface area contributed by atoms with Gasteiger partial charge in [-0.05, 0) is 43.4 Å². The minimum absolute atomic E-state index is 0.534. The Morgan fingerprint density at radius 3 is 2.67 bits per heavy atom. The summed E-state index contributed by atoms with van der Waals surface area (Å²) in [4.78, 5) is 0. The SMILES string of the molecule is CCC(Nc1ccc(N)cc1Cl)C1CCCCC1. The highest BCUT2D eigenvalue weighted by Crippen LogP contribution is 2.32. The van der Waals surface area contributed by atoms with Crippen molar-refractivity contribution in [3.8, 4) is 0 Å². The summed E-state index contributed by atoms with van der Waals surface area (Å²) in [5.41, 5.74) is 7.46. The molecule has 0 bridgehead atoms. The van der Waals surface area contributed by atoms with E-state index in [1.54, 1.807) is 0 Å². The second kappa shape index (κ2) is 6.33. The molecule has 0 saturated heterocycles. The van der Waals surface area contributed by atoms with Gasteiger partial charge in [0.1, 0.15) is 0 Å². The van der Waals surface area contributed by atoms with Gasteiger partial charge in [0.25, 0.3) is 0 Å². The second-order valence-electron chi connectivity index (χ2n) is 5.30. The van der Waals surface area contributed by atoms with Gasteiger partial charge in [-0.2, -0.15) is 0 Å². The predicted octanol–water partition coefficient (Wildman–Crippen LogP) is 4.69. The van der Waals surface area contributed by atoms with E-state index < -0.39 is 0 Å². The van der Waals surface area contributed by atoms with Crippen LogP contribution >= 0.6 is 11.6 Å². The molecule has 3 heteroatoms. The Morgan fingerprint density at radius 2 is 2.06 bits per heavy atom. The normalized spacial score (nSPS) is 18.6. The van der Waals surface area contributed by atoms with Crippen molar-refractivity contribution >= 4 is 23.0 Å². The average Bonchev–Trinajstić information content (AvgIpc) is 2.39. The van der Waals surface area contributed by atoms with E-state index in [-0.39, 0.29) is 0 Å². The van der Waals surface area contributed by atoms with E-state index in [0.29, 0.717) is 6.04 Å². The van der Waals surface area contributed by atoms with Crippen molar-refractivity contribution < 1.29 is 0 Å². The Morgan fingerprint density at radius 1 is 1.33 bits per heavy atom. The molecule has 0 radical (unpaired) electrons. The van der Waals surface area contributed by atoms with Gasteiger partial charge in [-0.1, -0.05) is 37.8 Å². The third-order valence-electron chi connectivity index (χ3n) is 3.99. The molecule has 2 rings (SSSR count). The maximum absolute atomic E-state index is 6.23. The molecule has 0 spiro atoms. The summed E-state index contributed by atoms with van der Waals surface area (Å²) in [6.45, 7) is 2.25. The lowest BCUT2D eigenvalue weighted by Gasteiger charge is -2.31. The summed E-state index contributed by atoms with van der Waals surface area (Å²) in [5, 5.41) is 4.33. The van der Waals surface area contributed by atoms with Crippen molar-refractivity contribution in [2.24, 2.45) is 5.92 Å². The number of anilines is 2. The lowest BCUT2D eigenvalue weighted by atomic mass is 9.83. The molecule has 3 N–H and O–H groups in total. The highest BCUT2D eigenvalue weighted by Gasteiger charge is 2.22. The van der Waals surface area contributed by atoms with Gasteiger partial charge >= 0.3 is 0 Å². The molecule has 1 aliphatic rings. The van der Waals surface area contributed by atoms with Crippen molar-refractivity contribution in [2.75, 3.05) is 11.1 Å². The van der Waals surface area contributed by atoms with Crippen molar-refractivity contribution in [1.29, 1.82) is 0 Å². The summed E-state index contributed by atoms with van der Waals surface area (Å²) in [6, 6.07) is 6.24. The highest BCUT2D eigenvalue weighted by atomic mass is 35.5. The molecular formula is C15H23ClN2. The van der Waals surface area contributed by atoms with E-state index in [1.165, 1.54) is 32.1 Å². The molecule has 1 unspecified atom stereocenters. The molecule has 2 nitrogen and oxygen atoms in total. The number of halogens is 1. The Kier molecular flexibility index (Phi) is 4.76. The van der Waals surface area contributed by atoms with Crippen LogP contribution < -0.4 is 11.1 Å². The molecule has 1 aromatic carbocycles. The fourth-order valence-electron chi connectivity index (χ4n) is 2.94. The molecule has 1 fully saturated rings. The van der Waals surface area contributed by atoms with Gasteiger partial charge in [-0.25, -0.2) is 0 Å². The molecule has 0 amide bonds. The van der Waals surface area contributed by atoms with Gasteiger partial charge in [0.2, 0.25) is 0 Å². The van der Waals surface area contributed by atoms with Crippen LogP contribution in [0.2, 0.25) is 5.02 Å². The quantitative estimate of drug-likeness (QED) is 0.776. The van der Waals surface area contributed by atoms with Crippen LogP contribution in [-0.2, 0) is 0 Å². The number of nitrogens with two attached hydrogens (primary N) is 1. The number of rotatable bonds is 4. The molecular weight excluding hydrogens is 244 g/mol. The smallest absolute Gasteiger partial charge is 0.0658 e. The van der Waals surface area contributed by atoms with Crippen molar-refractivity contribution in [3.05, 3.63) is 23.2 Å². The Balaban J connectivity index is 2.04. The molecule has 18 heavy (non-hydrogen) atoms. The fraction of sp³-hybridized carbons (Fsp3) is 0.600. The van der Waals surface area contributed by atoms with Gasteiger partial charge in [-0.15, -0.1) is 0 Å². The van der Waals surface area contributed by atoms with Crippen molar-refractivity contribution in [1.82, 2.24) is 0 Å². The minimum Gasteiger partial charge on any atom is -0.399 e. The first kappa shape index (κ1) is 13.5. The molecule has 0 aliphatic heterocycles. The van der Waals surface area contributed by atoms with E-state index in [2.05, 4.69) is 12.2 Å². The standard InChI is InChI=1S/C15H23ClN2/c1-2-14(11-6-4-3-5-7-11)18-15-9-8-12(17)10-13(15)16/h8-11,14,18H,2-7,17H2,1H3. The van der Waals surface area contributed by atoms with Crippen LogP contribution in [0.4, 0.5) is 11.4 Å². The van der Waals surface area contributed by atoms with Crippen LogP contribution in [0.15, 0.2) is 18.2 Å². The van der Waals surface area contributed by atoms with Gasteiger partial charge in [0, 0.05) is 11.7 Å². The van der Waals surface area contributed by atoms with Crippen LogP contribution in [0, 0.1) is 5.92 Å². The molecule has 1 saturated carbocycles. The van der Waals surface area contributed by atoms with Crippen molar-refractivity contribution in [3.63, 3.8) is 0 Å². The van der Waals surface area contributed by atoms with E-state index in [1.807, 2.05) is 18.2 Å². The molecule has 100 valence electrons. The topological polar surface area (TPSA) is 38.0 Å². The summed E-state index contributed by atoms with van der Waals surface area (Å²) in [7, 11) is 0. The van der Waals surface area contributed by atoms with Crippen molar-refractivity contribution in [2.45, 2.75) is 51.5 Å². The Hall–Kier alpha value is -0.890. The third-order valence-corrected chi connectivity index (χ3v) is 4.31. The number of nitrogens with one attached hydrogen (secondary N) is 1. The average molecular weight is 267 g/mol. The molecule has 1 aliphatic carbocycles. The van der Waals surface area contributed by atoms with E-state index in [9.17, 15) is 0 Å². The van der Waals surface area contributed by atoms with Crippen LogP contribution in [-0.4, -0.2) is 6.04 Å². The molecule has 0 heterocycles. The van der Waals surface area contributed by atoms with Gasteiger partial charge in [0.05, 0.1) is 10.7 Å². The Labute approximate surface area is 115 Å². The first-order valence-electron chi connectivity index (χ1n) is 7.02. The van der Waals surface area contributed by atoms with Crippen LogP contribution in [0.3, 0.4) is 0 Å². The van der Waals surface area contributed by atoms with E-state index in [0.717, 1.165) is 28.7 Å². The molecule has 1 atom stereocenters. The van der Waals surface area contributed by atoms with E-state index in [4.69, 9.17) is 17.3 Å². The Bertz CT molecular complexity index is 386. The third kappa shape index (κ3) is 3.32. The second-order valence-corrected chi connectivity index (χ2v) is 5.70.